The van der Waals surface area contributed by atoms with Gasteiger partial charge in [-0.1, -0.05) is 53.7 Å². The molecule has 2 aliphatic rings. The van der Waals surface area contributed by atoms with E-state index >= 15 is 0 Å². The lowest BCUT2D eigenvalue weighted by Crippen LogP contribution is -2.43. The summed E-state index contributed by atoms with van der Waals surface area (Å²) in [7, 11) is -4.12. The number of hydrogen-bond acceptors (Lipinski definition) is 6. The van der Waals surface area contributed by atoms with Gasteiger partial charge in [-0.15, -0.1) is 0 Å². The molecule has 1 N–H and O–H groups in total. The normalized spacial score (nSPS) is 16.5. The number of carboxylic acids is 1. The third kappa shape index (κ3) is 7.41. The summed E-state index contributed by atoms with van der Waals surface area (Å²) >= 11 is 0. The number of benzene rings is 3. The van der Waals surface area contributed by atoms with Crippen molar-refractivity contribution in [2.75, 3.05) is 13.2 Å². The molecule has 0 spiro atoms. The minimum Gasteiger partial charge on any atom is -0.543 e. The Balaban J connectivity index is 1.58. The molecule has 0 fully saturated rings. The number of fused-ring (bicyclic) bond motifs is 4. The van der Waals surface area contributed by atoms with Gasteiger partial charge in [0.2, 0.25) is 16.6 Å². The molecule has 0 aliphatic carbocycles. The Labute approximate surface area is 282 Å². The van der Waals surface area contributed by atoms with Crippen molar-refractivity contribution in [1.29, 1.82) is 0 Å². The molecule has 0 saturated carbocycles. The second kappa shape index (κ2) is 12.7. The van der Waals surface area contributed by atoms with E-state index in [2.05, 4.69) is 92.0 Å². The van der Waals surface area contributed by atoms with E-state index in [-0.39, 0.29) is 23.1 Å². The van der Waals surface area contributed by atoms with Crippen LogP contribution in [0.25, 0.3) is 11.1 Å². The molecule has 2 heterocycles. The SMILES string of the molecule is CC(C)(C)[Si](C)(C)Oc1ccc2c(c1)O[C@@H](c1ccc(OCCC(=O)O)cc1)C1=C2CCOc2cc(O[Si](C)(C)C(C)(C)C)ccc21. The lowest BCUT2D eigenvalue weighted by molar-refractivity contribution is -0.137. The largest absolute Gasteiger partial charge is 0.543 e. The van der Waals surface area contributed by atoms with Crippen molar-refractivity contribution in [1.82, 2.24) is 0 Å². The van der Waals surface area contributed by atoms with E-state index in [4.69, 9.17) is 28.2 Å². The number of rotatable bonds is 9. The molecule has 47 heavy (non-hydrogen) atoms. The van der Waals surface area contributed by atoms with Crippen LogP contribution in [0.2, 0.25) is 36.3 Å². The molecule has 7 nitrogen and oxygen atoms in total. The first-order chi connectivity index (χ1) is 21.9. The molecule has 9 heteroatoms. The van der Waals surface area contributed by atoms with Crippen molar-refractivity contribution in [2.45, 2.75) is 96.8 Å². The summed E-state index contributed by atoms with van der Waals surface area (Å²) in [4.78, 5) is 11.0. The summed E-state index contributed by atoms with van der Waals surface area (Å²) in [5, 5.41) is 9.13. The number of carboxylic acid groups (broad SMARTS) is 1. The molecule has 0 amide bonds. The number of aliphatic carboxylic acids is 1. The van der Waals surface area contributed by atoms with Gasteiger partial charge in [0.15, 0.2) is 0 Å². The lowest BCUT2D eigenvalue weighted by Gasteiger charge is -2.37. The molecular weight excluding hydrogens is 625 g/mol. The van der Waals surface area contributed by atoms with Gasteiger partial charge in [-0.3, -0.25) is 4.79 Å². The van der Waals surface area contributed by atoms with Crippen LogP contribution in [0.15, 0.2) is 60.7 Å². The lowest BCUT2D eigenvalue weighted by atomic mass is 9.84. The molecule has 252 valence electrons. The molecule has 2 aliphatic heterocycles. The highest BCUT2D eigenvalue weighted by Crippen LogP contribution is 2.53. The maximum atomic E-state index is 11.0. The summed E-state index contributed by atoms with van der Waals surface area (Å²) in [5.74, 6) is 2.94. The van der Waals surface area contributed by atoms with Gasteiger partial charge >= 0.3 is 5.97 Å². The smallest absolute Gasteiger partial charge is 0.306 e. The van der Waals surface area contributed by atoms with Crippen molar-refractivity contribution < 1.29 is 33.0 Å². The molecule has 0 bridgehead atoms. The van der Waals surface area contributed by atoms with Crippen LogP contribution < -0.4 is 23.1 Å². The number of ether oxygens (including phenoxy) is 3. The van der Waals surface area contributed by atoms with Crippen LogP contribution in [0.3, 0.4) is 0 Å². The Morgan fingerprint density at radius 2 is 1.32 bits per heavy atom. The zero-order chi connectivity index (χ0) is 34.4. The van der Waals surface area contributed by atoms with Crippen LogP contribution in [0.5, 0.6) is 28.7 Å². The van der Waals surface area contributed by atoms with E-state index < -0.39 is 28.7 Å². The maximum Gasteiger partial charge on any atom is 0.306 e. The Bertz CT molecular complexity index is 1660. The fraction of sp³-hybridized carbons (Fsp3) is 0.447. The van der Waals surface area contributed by atoms with Gasteiger partial charge in [-0.25, -0.2) is 0 Å². The quantitative estimate of drug-likeness (QED) is 0.226. The third-order valence-corrected chi connectivity index (χ3v) is 18.8. The molecule has 5 rings (SSSR count). The third-order valence-electron chi connectivity index (χ3n) is 10.1. The first-order valence-electron chi connectivity index (χ1n) is 16.5. The van der Waals surface area contributed by atoms with Crippen LogP contribution in [0.1, 0.15) is 77.2 Å². The zero-order valence-electron chi connectivity index (χ0n) is 29.6. The summed E-state index contributed by atoms with van der Waals surface area (Å²) in [5.41, 5.74) is 5.25. The van der Waals surface area contributed by atoms with E-state index in [1.54, 1.807) is 0 Å². The topological polar surface area (TPSA) is 83.5 Å². The summed E-state index contributed by atoms with van der Waals surface area (Å²) < 4.78 is 32.4. The average Bonchev–Trinajstić information content (AvgIpc) is 3.15. The Kier molecular flexibility index (Phi) is 9.38. The Morgan fingerprint density at radius 1 is 0.787 bits per heavy atom. The Morgan fingerprint density at radius 3 is 1.87 bits per heavy atom. The van der Waals surface area contributed by atoms with E-state index in [9.17, 15) is 4.79 Å². The minimum absolute atomic E-state index is 0.0578. The first-order valence-corrected chi connectivity index (χ1v) is 22.3. The maximum absolute atomic E-state index is 11.0. The van der Waals surface area contributed by atoms with Crippen LogP contribution in [0.4, 0.5) is 0 Å². The molecule has 3 aromatic rings. The van der Waals surface area contributed by atoms with E-state index in [1.807, 2.05) is 36.4 Å². The van der Waals surface area contributed by atoms with Gasteiger partial charge in [-0.05, 0) is 83.8 Å². The van der Waals surface area contributed by atoms with Gasteiger partial charge in [0.05, 0.1) is 19.6 Å². The van der Waals surface area contributed by atoms with Crippen LogP contribution in [-0.2, 0) is 4.79 Å². The van der Waals surface area contributed by atoms with Gasteiger partial charge in [0.25, 0.3) is 0 Å². The molecule has 0 saturated heterocycles. The van der Waals surface area contributed by atoms with Crippen molar-refractivity contribution in [3.05, 3.63) is 77.4 Å². The molecule has 1 atom stereocenters. The van der Waals surface area contributed by atoms with Crippen molar-refractivity contribution in [3.63, 3.8) is 0 Å². The predicted molar refractivity (Wildman–Crippen MR) is 193 cm³/mol. The van der Waals surface area contributed by atoms with Crippen molar-refractivity contribution >= 4 is 33.8 Å². The second-order valence-corrected chi connectivity index (χ2v) is 25.0. The second-order valence-electron chi connectivity index (χ2n) is 15.6. The van der Waals surface area contributed by atoms with Gasteiger partial charge < -0.3 is 28.2 Å². The fourth-order valence-corrected chi connectivity index (χ4v) is 7.32. The highest BCUT2D eigenvalue weighted by atomic mass is 28.4. The monoisotopic (exact) mass is 674 g/mol. The van der Waals surface area contributed by atoms with Crippen molar-refractivity contribution in [3.8, 4) is 28.7 Å². The highest BCUT2D eigenvalue weighted by molar-refractivity contribution is 6.75. The molecule has 3 aromatic carbocycles. The highest BCUT2D eigenvalue weighted by Gasteiger charge is 2.41. The van der Waals surface area contributed by atoms with Crippen molar-refractivity contribution in [2.24, 2.45) is 0 Å². The standard InChI is InChI=1S/C38H50O7Si2/c1-37(2,3)46(7,8)44-27-16-18-31-32(23-27)42-21-19-30-29-17-15-28(45-47(9,10)38(4,5)6)24-33(29)43-36(35(30)31)25-11-13-26(14-12-25)41-22-20-34(39)40/h11-18,23-24,36H,19-22H2,1-10H3,(H,39,40)/t36-/m0/s1. The Hall–Kier alpha value is -3.70. The van der Waals surface area contributed by atoms with Gasteiger partial charge in [0, 0.05) is 35.3 Å². The average molecular weight is 675 g/mol. The molecule has 0 aromatic heterocycles. The molecule has 0 radical (unpaired) electrons. The summed E-state index contributed by atoms with van der Waals surface area (Å²) in [6.45, 7) is 23.1. The molecule has 0 unspecified atom stereocenters. The van der Waals surface area contributed by atoms with E-state index in [0.29, 0.717) is 18.8 Å². The van der Waals surface area contributed by atoms with Gasteiger partial charge in [-0.2, -0.15) is 0 Å². The number of hydrogen-bond donors (Lipinski definition) is 1. The summed E-state index contributed by atoms with van der Waals surface area (Å²) in [6, 6.07) is 20.2. The minimum atomic E-state index is -2.07. The van der Waals surface area contributed by atoms with Crippen LogP contribution >= 0.6 is 0 Å². The first kappa shape index (κ1) is 34.6. The van der Waals surface area contributed by atoms with E-state index in [1.165, 1.54) is 5.57 Å². The van der Waals surface area contributed by atoms with Crippen LogP contribution in [0, 0.1) is 0 Å². The van der Waals surface area contributed by atoms with E-state index in [0.717, 1.165) is 45.3 Å². The van der Waals surface area contributed by atoms with Gasteiger partial charge in [0.1, 0.15) is 34.9 Å². The summed E-state index contributed by atoms with van der Waals surface area (Å²) in [6.07, 6.45) is 0.243. The number of carbonyl (C=O) groups is 1. The fourth-order valence-electron chi connectivity index (χ4n) is 5.27. The predicted octanol–water partition coefficient (Wildman–Crippen LogP) is 10.1. The van der Waals surface area contributed by atoms with Crippen LogP contribution in [-0.4, -0.2) is 40.9 Å². The zero-order valence-corrected chi connectivity index (χ0v) is 31.6. The molecular formula is C38H50O7Si2.